The molecule has 1 heterocycles. The molecule has 1 aromatic rings. The zero-order valence-electron chi connectivity index (χ0n) is 7.72. The molecule has 0 bridgehead atoms. The van der Waals surface area contributed by atoms with Gasteiger partial charge in [0, 0.05) is 19.0 Å². The molecule has 1 nitrogen and oxygen atoms in total. The maximum atomic E-state index is 3.29. The lowest BCUT2D eigenvalue weighted by molar-refractivity contribution is 0.448. The summed E-state index contributed by atoms with van der Waals surface area (Å²) < 4.78 is 0. The molecular formula is C11H15N. The number of benzene rings is 1. The Morgan fingerprint density at radius 2 is 1.92 bits per heavy atom. The van der Waals surface area contributed by atoms with E-state index in [0.29, 0.717) is 0 Å². The van der Waals surface area contributed by atoms with E-state index in [1.165, 1.54) is 16.7 Å². The van der Waals surface area contributed by atoms with E-state index < -0.39 is 0 Å². The first-order chi connectivity index (χ1) is 5.77. The molecule has 1 aliphatic rings. The van der Waals surface area contributed by atoms with Gasteiger partial charge in [-0.3, -0.25) is 0 Å². The van der Waals surface area contributed by atoms with Crippen molar-refractivity contribution >= 4 is 0 Å². The van der Waals surface area contributed by atoms with Crippen LogP contribution in [0.15, 0.2) is 18.2 Å². The molecule has 0 amide bonds. The van der Waals surface area contributed by atoms with Crippen LogP contribution >= 0.6 is 0 Å². The molecule has 1 aromatic carbocycles. The molecule has 0 atom stereocenters. The van der Waals surface area contributed by atoms with E-state index in [1.807, 2.05) is 0 Å². The molecule has 0 aliphatic carbocycles. The first-order valence-corrected chi connectivity index (χ1v) is 4.55. The van der Waals surface area contributed by atoms with Gasteiger partial charge in [0.05, 0.1) is 0 Å². The van der Waals surface area contributed by atoms with Gasteiger partial charge in [0.15, 0.2) is 0 Å². The van der Waals surface area contributed by atoms with Gasteiger partial charge in [-0.2, -0.15) is 0 Å². The van der Waals surface area contributed by atoms with E-state index >= 15 is 0 Å². The minimum absolute atomic E-state index is 0.768. The topological polar surface area (TPSA) is 12.0 Å². The second-order valence-electron chi connectivity index (χ2n) is 3.70. The first kappa shape index (κ1) is 7.81. The van der Waals surface area contributed by atoms with Crippen LogP contribution in [0, 0.1) is 13.8 Å². The predicted molar refractivity (Wildman–Crippen MR) is 51.5 cm³/mol. The van der Waals surface area contributed by atoms with Crippen LogP contribution in [-0.4, -0.2) is 13.1 Å². The molecule has 1 saturated heterocycles. The van der Waals surface area contributed by atoms with E-state index in [4.69, 9.17) is 0 Å². The molecule has 0 radical (unpaired) electrons. The highest BCUT2D eigenvalue weighted by molar-refractivity contribution is 5.33. The number of rotatable bonds is 1. The average molecular weight is 161 g/mol. The fraction of sp³-hybridized carbons (Fsp3) is 0.455. The van der Waals surface area contributed by atoms with E-state index in [-0.39, 0.29) is 0 Å². The van der Waals surface area contributed by atoms with Crippen LogP contribution in [0.2, 0.25) is 0 Å². The van der Waals surface area contributed by atoms with Gasteiger partial charge in [0.1, 0.15) is 0 Å². The molecule has 1 fully saturated rings. The van der Waals surface area contributed by atoms with Crippen LogP contribution in [0.4, 0.5) is 0 Å². The standard InChI is InChI=1S/C11H15N/c1-8-3-4-10(5-9(8)2)11-6-12-7-11/h3-5,11-12H,6-7H2,1-2H3. The summed E-state index contributed by atoms with van der Waals surface area (Å²) in [7, 11) is 0. The molecule has 0 spiro atoms. The summed E-state index contributed by atoms with van der Waals surface area (Å²) in [4.78, 5) is 0. The van der Waals surface area contributed by atoms with Crippen molar-refractivity contribution in [3.05, 3.63) is 34.9 Å². The Hall–Kier alpha value is -0.820. The normalized spacial score (nSPS) is 17.5. The van der Waals surface area contributed by atoms with Crippen LogP contribution in [0.1, 0.15) is 22.6 Å². The van der Waals surface area contributed by atoms with Crippen LogP contribution in [-0.2, 0) is 0 Å². The van der Waals surface area contributed by atoms with Crippen molar-refractivity contribution in [3.8, 4) is 0 Å². The summed E-state index contributed by atoms with van der Waals surface area (Å²) in [5.74, 6) is 0.768. The van der Waals surface area contributed by atoms with Gasteiger partial charge in [0.2, 0.25) is 0 Å². The lowest BCUT2D eigenvalue weighted by Gasteiger charge is -2.27. The second-order valence-corrected chi connectivity index (χ2v) is 3.70. The van der Waals surface area contributed by atoms with Crippen molar-refractivity contribution < 1.29 is 0 Å². The van der Waals surface area contributed by atoms with Gasteiger partial charge in [-0.1, -0.05) is 18.2 Å². The zero-order valence-corrected chi connectivity index (χ0v) is 7.72. The Labute approximate surface area is 73.8 Å². The summed E-state index contributed by atoms with van der Waals surface area (Å²) in [6.07, 6.45) is 0. The van der Waals surface area contributed by atoms with Crippen molar-refractivity contribution in [2.24, 2.45) is 0 Å². The quantitative estimate of drug-likeness (QED) is 0.664. The summed E-state index contributed by atoms with van der Waals surface area (Å²) in [5, 5.41) is 3.29. The molecule has 0 saturated carbocycles. The summed E-state index contributed by atoms with van der Waals surface area (Å²) >= 11 is 0. The first-order valence-electron chi connectivity index (χ1n) is 4.55. The molecule has 2 rings (SSSR count). The Morgan fingerprint density at radius 1 is 1.17 bits per heavy atom. The third-order valence-corrected chi connectivity index (χ3v) is 2.78. The highest BCUT2D eigenvalue weighted by atomic mass is 14.9. The van der Waals surface area contributed by atoms with Crippen molar-refractivity contribution in [2.75, 3.05) is 13.1 Å². The molecule has 1 aliphatic heterocycles. The Balaban J connectivity index is 2.27. The van der Waals surface area contributed by atoms with Crippen LogP contribution in [0.25, 0.3) is 0 Å². The highest BCUT2D eigenvalue weighted by Gasteiger charge is 2.18. The second kappa shape index (κ2) is 2.91. The minimum atomic E-state index is 0.768. The molecule has 0 aromatic heterocycles. The van der Waals surface area contributed by atoms with Crippen molar-refractivity contribution in [1.82, 2.24) is 5.32 Å². The lowest BCUT2D eigenvalue weighted by atomic mass is 9.91. The van der Waals surface area contributed by atoms with E-state index in [2.05, 4.69) is 37.4 Å². The van der Waals surface area contributed by atoms with Gasteiger partial charge in [-0.05, 0) is 30.5 Å². The van der Waals surface area contributed by atoms with Crippen molar-refractivity contribution in [3.63, 3.8) is 0 Å². The summed E-state index contributed by atoms with van der Waals surface area (Å²) in [5.41, 5.74) is 4.31. The number of nitrogens with one attached hydrogen (secondary N) is 1. The summed E-state index contributed by atoms with van der Waals surface area (Å²) in [6, 6.07) is 6.80. The largest absolute Gasteiger partial charge is 0.315 e. The maximum Gasteiger partial charge on any atom is 0.00886 e. The summed E-state index contributed by atoms with van der Waals surface area (Å²) in [6.45, 7) is 6.66. The molecule has 64 valence electrons. The number of hydrogen-bond acceptors (Lipinski definition) is 1. The fourth-order valence-electron chi connectivity index (χ4n) is 1.54. The van der Waals surface area contributed by atoms with Gasteiger partial charge < -0.3 is 5.32 Å². The van der Waals surface area contributed by atoms with E-state index in [9.17, 15) is 0 Å². The Kier molecular flexibility index (Phi) is 1.89. The molecule has 1 N–H and O–H groups in total. The molecule has 12 heavy (non-hydrogen) atoms. The lowest BCUT2D eigenvalue weighted by Crippen LogP contribution is -2.39. The van der Waals surface area contributed by atoms with E-state index in [1.54, 1.807) is 0 Å². The highest BCUT2D eigenvalue weighted by Crippen LogP contribution is 2.21. The third kappa shape index (κ3) is 1.25. The van der Waals surface area contributed by atoms with Gasteiger partial charge in [-0.15, -0.1) is 0 Å². The minimum Gasteiger partial charge on any atom is -0.315 e. The fourth-order valence-corrected chi connectivity index (χ4v) is 1.54. The van der Waals surface area contributed by atoms with Crippen LogP contribution < -0.4 is 5.32 Å². The smallest absolute Gasteiger partial charge is 0.00886 e. The van der Waals surface area contributed by atoms with Gasteiger partial charge in [-0.25, -0.2) is 0 Å². The molecule has 0 unspecified atom stereocenters. The maximum absolute atomic E-state index is 3.29. The monoisotopic (exact) mass is 161 g/mol. The number of hydrogen-bond donors (Lipinski definition) is 1. The average Bonchev–Trinajstić information content (AvgIpc) is 1.93. The molecular weight excluding hydrogens is 146 g/mol. The Bertz CT molecular complexity index is 287. The zero-order chi connectivity index (χ0) is 8.55. The van der Waals surface area contributed by atoms with E-state index in [0.717, 1.165) is 19.0 Å². The van der Waals surface area contributed by atoms with Gasteiger partial charge >= 0.3 is 0 Å². The van der Waals surface area contributed by atoms with Crippen LogP contribution in [0.3, 0.4) is 0 Å². The molecule has 1 heteroatoms. The number of aryl methyl sites for hydroxylation is 2. The van der Waals surface area contributed by atoms with Crippen LogP contribution in [0.5, 0.6) is 0 Å². The van der Waals surface area contributed by atoms with Gasteiger partial charge in [0.25, 0.3) is 0 Å². The Morgan fingerprint density at radius 3 is 2.42 bits per heavy atom. The SMILES string of the molecule is Cc1ccc(C2CNC2)cc1C. The van der Waals surface area contributed by atoms with Crippen molar-refractivity contribution in [2.45, 2.75) is 19.8 Å². The predicted octanol–water partition coefficient (Wildman–Crippen LogP) is 1.99. The van der Waals surface area contributed by atoms with Crippen molar-refractivity contribution in [1.29, 1.82) is 0 Å². The third-order valence-electron chi connectivity index (χ3n) is 2.78.